The highest BCUT2D eigenvalue weighted by atomic mass is 35.5. The maximum absolute atomic E-state index is 15.1. The first-order chi connectivity index (χ1) is 18.6. The van der Waals surface area contributed by atoms with Crippen LogP contribution in [0.1, 0.15) is 48.5 Å². The van der Waals surface area contributed by atoms with Gasteiger partial charge in [-0.2, -0.15) is 0 Å². The van der Waals surface area contributed by atoms with Crippen molar-refractivity contribution >= 4 is 40.6 Å². The third-order valence-corrected chi connectivity index (χ3v) is 7.26. The summed E-state index contributed by atoms with van der Waals surface area (Å²) in [7, 11) is 0. The van der Waals surface area contributed by atoms with E-state index in [4.69, 9.17) is 42.1 Å². The van der Waals surface area contributed by atoms with Crippen LogP contribution in [0.4, 0.5) is 9.18 Å². The number of aromatic nitrogens is 3. The molecule has 1 aliphatic rings. The lowest BCUT2D eigenvalue weighted by molar-refractivity contribution is -0.0637. The van der Waals surface area contributed by atoms with E-state index in [0.717, 1.165) is 0 Å². The van der Waals surface area contributed by atoms with Crippen molar-refractivity contribution in [1.82, 2.24) is 20.1 Å². The van der Waals surface area contributed by atoms with Gasteiger partial charge in [-0.25, -0.2) is 14.2 Å². The largest absolute Gasteiger partial charge is 0.488 e. The number of rotatable bonds is 7. The van der Waals surface area contributed by atoms with Crippen LogP contribution in [0.2, 0.25) is 10.0 Å². The summed E-state index contributed by atoms with van der Waals surface area (Å²) in [5.41, 5.74) is -0.601. The van der Waals surface area contributed by atoms with Crippen molar-refractivity contribution in [2.45, 2.75) is 71.9 Å². The lowest BCUT2D eigenvalue weighted by Crippen LogP contribution is -2.51. The minimum atomic E-state index is -0.909. The van der Waals surface area contributed by atoms with Gasteiger partial charge in [-0.1, -0.05) is 34.5 Å². The quantitative estimate of drug-likeness (QED) is 0.275. The van der Waals surface area contributed by atoms with Gasteiger partial charge < -0.3 is 18.9 Å². The molecule has 40 heavy (non-hydrogen) atoms. The van der Waals surface area contributed by atoms with Gasteiger partial charge in [0.2, 0.25) is 5.88 Å². The molecule has 0 N–H and O–H groups in total. The molecule has 1 aliphatic heterocycles. The molecule has 13 heteroatoms. The molecule has 1 amide bonds. The van der Waals surface area contributed by atoms with Crippen LogP contribution in [0, 0.1) is 5.82 Å². The first kappa shape index (κ1) is 30.2. The SMILES string of the molecule is CC(C)Oc1ncc(-c2nnc(-c3cc(F)c(OCC4COC(C)(C)N4C(=O)OC(C)(C)C)cc3Cl)s2)cc1Cl. The fourth-order valence-corrected chi connectivity index (χ4v) is 5.34. The van der Waals surface area contributed by atoms with E-state index in [0.29, 0.717) is 32.0 Å². The van der Waals surface area contributed by atoms with E-state index >= 15 is 4.39 Å². The summed E-state index contributed by atoms with van der Waals surface area (Å²) >= 11 is 14.0. The molecule has 0 aliphatic carbocycles. The van der Waals surface area contributed by atoms with Crippen molar-refractivity contribution in [3.63, 3.8) is 0 Å². The normalized spacial score (nSPS) is 16.9. The van der Waals surface area contributed by atoms with Crippen LogP contribution in [0.15, 0.2) is 24.4 Å². The molecule has 216 valence electrons. The molecule has 0 saturated carbocycles. The molecule has 1 aromatic carbocycles. The smallest absolute Gasteiger partial charge is 0.413 e. The average molecular weight is 614 g/mol. The van der Waals surface area contributed by atoms with E-state index in [-0.39, 0.29) is 30.1 Å². The van der Waals surface area contributed by atoms with E-state index in [1.54, 1.807) is 46.9 Å². The standard InChI is InChI=1S/C27H31Cl2FN4O5S/c1-14(2)38-22-19(29)8-15(11-31-22)23-32-33-24(40-23)17-9-20(30)21(10-18(17)28)36-12-16-13-37-27(6,7)34(16)25(35)39-26(3,4)5/h8-11,14,16H,12-13H2,1-7H3. The van der Waals surface area contributed by atoms with E-state index in [2.05, 4.69) is 15.2 Å². The number of nitrogens with zero attached hydrogens (tertiary/aromatic N) is 4. The summed E-state index contributed by atoms with van der Waals surface area (Å²) in [5, 5.41) is 9.88. The van der Waals surface area contributed by atoms with Gasteiger partial charge in [0.25, 0.3) is 0 Å². The minimum Gasteiger partial charge on any atom is -0.488 e. The van der Waals surface area contributed by atoms with Crippen molar-refractivity contribution in [3.05, 3.63) is 40.3 Å². The molecule has 3 aromatic rings. The Morgan fingerprint density at radius 2 is 1.90 bits per heavy atom. The van der Waals surface area contributed by atoms with Crippen molar-refractivity contribution in [1.29, 1.82) is 0 Å². The van der Waals surface area contributed by atoms with Crippen LogP contribution < -0.4 is 9.47 Å². The summed E-state index contributed by atoms with van der Waals surface area (Å²) in [6.45, 7) is 12.8. The van der Waals surface area contributed by atoms with E-state index in [9.17, 15) is 4.79 Å². The maximum atomic E-state index is 15.1. The predicted molar refractivity (Wildman–Crippen MR) is 152 cm³/mol. The molecule has 0 spiro atoms. The van der Waals surface area contributed by atoms with Crippen LogP contribution in [0.3, 0.4) is 0 Å². The van der Waals surface area contributed by atoms with Gasteiger partial charge in [-0.15, -0.1) is 10.2 Å². The second-order valence-electron chi connectivity index (χ2n) is 10.9. The van der Waals surface area contributed by atoms with Crippen LogP contribution >= 0.6 is 34.5 Å². The Hall–Kier alpha value is -2.73. The number of ether oxygens (including phenoxy) is 4. The molecule has 3 heterocycles. The van der Waals surface area contributed by atoms with Crippen LogP contribution in [0.25, 0.3) is 21.1 Å². The molecular formula is C27H31Cl2FN4O5S. The lowest BCUT2D eigenvalue weighted by atomic mass is 10.2. The van der Waals surface area contributed by atoms with Crippen molar-refractivity contribution in [3.8, 4) is 32.8 Å². The monoisotopic (exact) mass is 612 g/mol. The Morgan fingerprint density at radius 3 is 2.55 bits per heavy atom. The fourth-order valence-electron chi connectivity index (χ4n) is 3.98. The topological polar surface area (TPSA) is 95.9 Å². The van der Waals surface area contributed by atoms with E-state index in [1.807, 2.05) is 13.8 Å². The summed E-state index contributed by atoms with van der Waals surface area (Å²) in [6.07, 6.45) is 0.972. The molecule has 0 radical (unpaired) electrons. The van der Waals surface area contributed by atoms with Gasteiger partial charge in [0, 0.05) is 23.4 Å². The number of benzene rings is 1. The molecule has 4 rings (SSSR count). The van der Waals surface area contributed by atoms with Gasteiger partial charge in [0.1, 0.15) is 33.0 Å². The second kappa shape index (κ2) is 11.6. The Balaban J connectivity index is 1.49. The lowest BCUT2D eigenvalue weighted by Gasteiger charge is -2.35. The summed E-state index contributed by atoms with van der Waals surface area (Å²) in [6, 6.07) is 3.81. The molecule has 1 fully saturated rings. The van der Waals surface area contributed by atoms with Gasteiger partial charge >= 0.3 is 6.09 Å². The summed E-state index contributed by atoms with van der Waals surface area (Å²) in [4.78, 5) is 18.6. The molecule has 9 nitrogen and oxygen atoms in total. The van der Waals surface area contributed by atoms with E-state index < -0.39 is 29.3 Å². The van der Waals surface area contributed by atoms with Gasteiger partial charge in [-0.05, 0) is 60.6 Å². The molecule has 1 atom stereocenters. The highest BCUT2D eigenvalue weighted by molar-refractivity contribution is 7.18. The Kier molecular flexibility index (Phi) is 8.79. The van der Waals surface area contributed by atoms with Crippen LogP contribution in [0.5, 0.6) is 11.6 Å². The summed E-state index contributed by atoms with van der Waals surface area (Å²) in [5.74, 6) is -0.380. The third-order valence-electron chi connectivity index (χ3n) is 5.67. The molecule has 1 unspecified atom stereocenters. The van der Waals surface area contributed by atoms with Gasteiger partial charge in [0.05, 0.1) is 23.8 Å². The van der Waals surface area contributed by atoms with Crippen molar-refractivity contribution in [2.24, 2.45) is 0 Å². The minimum absolute atomic E-state index is 0.0253. The summed E-state index contributed by atoms with van der Waals surface area (Å²) < 4.78 is 37.8. The number of carbonyl (C=O) groups excluding carboxylic acids is 1. The number of carbonyl (C=O) groups is 1. The fraction of sp³-hybridized carbons (Fsp3) is 0.481. The average Bonchev–Trinajstić information content (AvgIpc) is 3.43. The zero-order valence-corrected chi connectivity index (χ0v) is 25.6. The second-order valence-corrected chi connectivity index (χ2v) is 12.7. The first-order valence-electron chi connectivity index (χ1n) is 12.6. The molecule has 2 aromatic heterocycles. The van der Waals surface area contributed by atoms with Crippen LogP contribution in [-0.4, -0.2) is 62.9 Å². The number of hydrogen-bond donors (Lipinski definition) is 0. The highest BCUT2D eigenvalue weighted by Crippen LogP contribution is 2.38. The Labute approximate surface area is 246 Å². The Morgan fingerprint density at radius 1 is 1.20 bits per heavy atom. The Bertz CT molecular complexity index is 1400. The number of halogens is 3. The number of amides is 1. The molecule has 0 bridgehead atoms. The highest BCUT2D eigenvalue weighted by Gasteiger charge is 2.46. The zero-order chi connectivity index (χ0) is 29.4. The van der Waals surface area contributed by atoms with Crippen molar-refractivity contribution in [2.75, 3.05) is 13.2 Å². The van der Waals surface area contributed by atoms with Crippen molar-refractivity contribution < 1.29 is 28.1 Å². The number of pyridine rings is 1. The molecule has 1 saturated heterocycles. The third kappa shape index (κ3) is 6.94. The van der Waals surface area contributed by atoms with Gasteiger partial charge in [-0.3, -0.25) is 4.90 Å². The van der Waals surface area contributed by atoms with Gasteiger partial charge in [0.15, 0.2) is 11.6 Å². The molecular weight excluding hydrogens is 582 g/mol. The maximum Gasteiger partial charge on any atom is 0.413 e. The predicted octanol–water partition coefficient (Wildman–Crippen LogP) is 7.25. The van der Waals surface area contributed by atoms with E-state index in [1.165, 1.54) is 28.4 Å². The number of hydrogen-bond acceptors (Lipinski definition) is 9. The van der Waals surface area contributed by atoms with Crippen LogP contribution in [-0.2, 0) is 9.47 Å². The zero-order valence-electron chi connectivity index (χ0n) is 23.3. The first-order valence-corrected chi connectivity index (χ1v) is 14.2.